The summed E-state index contributed by atoms with van der Waals surface area (Å²) in [6.07, 6.45) is 10.6. The lowest BCUT2D eigenvalue weighted by molar-refractivity contribution is 0.104. The summed E-state index contributed by atoms with van der Waals surface area (Å²) in [5, 5.41) is 0.806. The number of aromatic nitrogens is 3. The average Bonchev–Trinajstić information content (AvgIpc) is 3.08. The van der Waals surface area contributed by atoms with Crippen molar-refractivity contribution in [3.63, 3.8) is 0 Å². The monoisotopic (exact) mass is 353 g/mol. The van der Waals surface area contributed by atoms with Crippen molar-refractivity contribution in [2.75, 3.05) is 0 Å². The number of carbonyl (C=O) groups excluding carboxylic acids is 1. The number of aromatic amines is 1. The van der Waals surface area contributed by atoms with Crippen LogP contribution in [0.3, 0.4) is 0 Å². The van der Waals surface area contributed by atoms with Gasteiger partial charge in [0.15, 0.2) is 5.78 Å². The van der Waals surface area contributed by atoms with Gasteiger partial charge in [-0.05, 0) is 49.6 Å². The predicted octanol–water partition coefficient (Wildman–Crippen LogP) is 4.33. The van der Waals surface area contributed by atoms with Crippen LogP contribution in [-0.2, 0) is 0 Å². The van der Waals surface area contributed by atoms with Crippen molar-refractivity contribution in [3.8, 4) is 5.75 Å². The minimum absolute atomic E-state index is 0.111. The van der Waals surface area contributed by atoms with Gasteiger partial charge < -0.3 is 9.72 Å². The molecule has 6 heteroatoms. The molecule has 2 heterocycles. The third kappa shape index (κ3) is 3.15. The molecular formula is C19H16ClN3O2. The van der Waals surface area contributed by atoms with Gasteiger partial charge in [-0.15, -0.1) is 0 Å². The summed E-state index contributed by atoms with van der Waals surface area (Å²) in [6, 6.07) is 7.17. The molecule has 0 aliphatic heterocycles. The maximum atomic E-state index is 12.8. The number of ketones is 1. The van der Waals surface area contributed by atoms with Crippen molar-refractivity contribution in [2.24, 2.45) is 0 Å². The first-order chi connectivity index (χ1) is 12.2. The van der Waals surface area contributed by atoms with Crippen LogP contribution < -0.4 is 4.74 Å². The highest BCUT2D eigenvalue weighted by Crippen LogP contribution is 2.26. The maximum Gasteiger partial charge on any atom is 0.195 e. The van der Waals surface area contributed by atoms with Gasteiger partial charge in [-0.25, -0.2) is 9.97 Å². The van der Waals surface area contributed by atoms with Crippen LogP contribution in [0.1, 0.15) is 35.2 Å². The van der Waals surface area contributed by atoms with Crippen molar-refractivity contribution in [1.82, 2.24) is 15.0 Å². The molecule has 1 atom stereocenters. The summed E-state index contributed by atoms with van der Waals surface area (Å²) in [5.41, 5.74) is 1.57. The van der Waals surface area contributed by atoms with Crippen molar-refractivity contribution < 1.29 is 9.53 Å². The van der Waals surface area contributed by atoms with Crippen LogP contribution in [0.25, 0.3) is 11.0 Å². The molecule has 1 aliphatic carbocycles. The van der Waals surface area contributed by atoms with E-state index in [9.17, 15) is 4.79 Å². The van der Waals surface area contributed by atoms with Gasteiger partial charge >= 0.3 is 0 Å². The van der Waals surface area contributed by atoms with Crippen molar-refractivity contribution in [3.05, 3.63) is 65.2 Å². The van der Waals surface area contributed by atoms with Crippen LogP contribution in [0, 0.1) is 0 Å². The Balaban J connectivity index is 1.58. The highest BCUT2D eigenvalue weighted by Gasteiger charge is 2.18. The van der Waals surface area contributed by atoms with Crippen molar-refractivity contribution in [1.29, 1.82) is 0 Å². The average molecular weight is 354 g/mol. The first kappa shape index (κ1) is 15.8. The quantitative estimate of drug-likeness (QED) is 0.430. The van der Waals surface area contributed by atoms with E-state index in [2.05, 4.69) is 27.1 Å². The molecule has 0 saturated carbocycles. The van der Waals surface area contributed by atoms with Crippen LogP contribution >= 0.6 is 11.6 Å². The van der Waals surface area contributed by atoms with Crippen LogP contribution in [0.4, 0.5) is 0 Å². The number of benzene rings is 1. The highest BCUT2D eigenvalue weighted by atomic mass is 35.5. The zero-order valence-corrected chi connectivity index (χ0v) is 14.2. The Kier molecular flexibility index (Phi) is 4.24. The van der Waals surface area contributed by atoms with Crippen molar-refractivity contribution in [2.45, 2.75) is 25.4 Å². The molecule has 0 fully saturated rings. The first-order valence-electron chi connectivity index (χ1n) is 8.18. The Bertz CT molecular complexity index is 947. The molecule has 3 aromatic rings. The number of hydrogen-bond acceptors (Lipinski definition) is 4. The van der Waals surface area contributed by atoms with Gasteiger partial charge in [0, 0.05) is 11.8 Å². The third-order valence-corrected chi connectivity index (χ3v) is 4.57. The SMILES string of the molecule is O=C(c1ccc(OC2C=CCCC2)cc1)c1c[nH]c2ncnc(Cl)c12. The Hall–Kier alpha value is -2.66. The molecule has 0 spiro atoms. The zero-order valence-electron chi connectivity index (χ0n) is 13.4. The topological polar surface area (TPSA) is 67.9 Å². The number of hydrogen-bond donors (Lipinski definition) is 1. The number of carbonyl (C=O) groups is 1. The van der Waals surface area contributed by atoms with E-state index in [4.69, 9.17) is 16.3 Å². The molecule has 0 bridgehead atoms. The summed E-state index contributed by atoms with van der Waals surface area (Å²) < 4.78 is 5.92. The largest absolute Gasteiger partial charge is 0.486 e. The number of halogens is 1. The summed E-state index contributed by atoms with van der Waals surface area (Å²) >= 11 is 6.12. The molecule has 2 aromatic heterocycles. The summed E-state index contributed by atoms with van der Waals surface area (Å²) in [6.45, 7) is 0. The number of fused-ring (bicyclic) bond motifs is 1. The second-order valence-corrected chi connectivity index (χ2v) is 6.32. The highest BCUT2D eigenvalue weighted by molar-refractivity contribution is 6.36. The third-order valence-electron chi connectivity index (χ3n) is 4.28. The standard InChI is InChI=1S/C19H16ClN3O2/c20-18-16-15(10-21-19(16)23-11-22-18)17(24)12-6-8-14(9-7-12)25-13-4-2-1-3-5-13/h2,4,6-11,13H,1,3,5H2,(H,21,22,23). The summed E-state index contributed by atoms with van der Waals surface area (Å²) in [5.74, 6) is 0.625. The van der Waals surface area contributed by atoms with Gasteiger partial charge in [-0.1, -0.05) is 17.7 Å². The van der Waals surface area contributed by atoms with Gasteiger partial charge in [0.2, 0.25) is 0 Å². The molecule has 5 nitrogen and oxygen atoms in total. The summed E-state index contributed by atoms with van der Waals surface area (Å²) in [7, 11) is 0. The lowest BCUT2D eigenvalue weighted by Crippen LogP contribution is -2.15. The van der Waals surface area contributed by atoms with Crippen LogP contribution in [0.5, 0.6) is 5.75 Å². The molecular weight excluding hydrogens is 338 g/mol. The number of nitrogens with zero attached hydrogens (tertiary/aromatic N) is 2. The molecule has 0 saturated heterocycles. The maximum absolute atomic E-state index is 12.8. The van der Waals surface area contributed by atoms with E-state index in [1.165, 1.54) is 6.33 Å². The normalized spacial score (nSPS) is 16.9. The fourth-order valence-corrected chi connectivity index (χ4v) is 3.23. The van der Waals surface area contributed by atoms with E-state index in [1.807, 2.05) is 12.1 Å². The van der Waals surface area contributed by atoms with Crippen LogP contribution in [0.2, 0.25) is 5.15 Å². The van der Waals surface area contributed by atoms with E-state index >= 15 is 0 Å². The first-order valence-corrected chi connectivity index (χ1v) is 8.56. The molecule has 0 radical (unpaired) electrons. The molecule has 1 N–H and O–H groups in total. The fraction of sp³-hybridized carbons (Fsp3) is 0.211. The Morgan fingerprint density at radius 2 is 2.08 bits per heavy atom. The van der Waals surface area contributed by atoms with E-state index in [-0.39, 0.29) is 17.0 Å². The number of H-pyrrole nitrogens is 1. The second-order valence-electron chi connectivity index (χ2n) is 5.96. The molecule has 25 heavy (non-hydrogen) atoms. The minimum Gasteiger partial charge on any atom is -0.486 e. The van der Waals surface area contributed by atoms with Gasteiger partial charge in [0.25, 0.3) is 0 Å². The van der Waals surface area contributed by atoms with E-state index < -0.39 is 0 Å². The number of nitrogens with one attached hydrogen (secondary N) is 1. The van der Waals surface area contributed by atoms with Crippen molar-refractivity contribution >= 4 is 28.4 Å². The molecule has 4 rings (SSSR count). The molecule has 1 unspecified atom stereocenters. The smallest absolute Gasteiger partial charge is 0.195 e. The Labute approximate surface area is 149 Å². The number of allylic oxidation sites excluding steroid dienone is 1. The molecule has 1 aromatic carbocycles. The lowest BCUT2D eigenvalue weighted by atomic mass is 10.0. The van der Waals surface area contributed by atoms with E-state index in [0.717, 1.165) is 25.0 Å². The second kappa shape index (κ2) is 6.69. The zero-order chi connectivity index (χ0) is 17.2. The van der Waals surface area contributed by atoms with E-state index in [1.54, 1.807) is 18.3 Å². The molecule has 0 amide bonds. The lowest BCUT2D eigenvalue weighted by Gasteiger charge is -2.18. The fourth-order valence-electron chi connectivity index (χ4n) is 3.00. The number of rotatable bonds is 4. The molecule has 126 valence electrons. The Morgan fingerprint density at radius 1 is 1.24 bits per heavy atom. The minimum atomic E-state index is -0.132. The predicted molar refractivity (Wildman–Crippen MR) is 96.2 cm³/mol. The van der Waals surface area contributed by atoms with Crippen LogP contribution in [-0.4, -0.2) is 26.8 Å². The summed E-state index contributed by atoms with van der Waals surface area (Å²) in [4.78, 5) is 23.8. The van der Waals surface area contributed by atoms with Gasteiger partial charge in [0.05, 0.1) is 10.9 Å². The van der Waals surface area contributed by atoms with Crippen LogP contribution in [0.15, 0.2) is 48.9 Å². The van der Waals surface area contributed by atoms with Gasteiger partial charge in [-0.2, -0.15) is 0 Å². The van der Waals surface area contributed by atoms with Gasteiger partial charge in [-0.3, -0.25) is 4.79 Å². The number of ether oxygens (including phenoxy) is 1. The molecule has 1 aliphatic rings. The van der Waals surface area contributed by atoms with E-state index in [0.29, 0.717) is 22.2 Å². The van der Waals surface area contributed by atoms with Gasteiger partial charge in [0.1, 0.15) is 29.0 Å². The Morgan fingerprint density at radius 3 is 2.84 bits per heavy atom.